The first kappa shape index (κ1) is 50.9. The number of hydrogen-bond acceptors (Lipinski definition) is 13. The molecule has 57 heavy (non-hydrogen) atoms. The third kappa shape index (κ3) is 17.8. The minimum Gasteiger partial charge on any atom is -0.465 e. The van der Waals surface area contributed by atoms with Gasteiger partial charge in [-0.25, -0.2) is 29.9 Å². The summed E-state index contributed by atoms with van der Waals surface area (Å²) in [7, 11) is 0. The summed E-state index contributed by atoms with van der Waals surface area (Å²) in [6, 6.07) is 14.0. The lowest BCUT2D eigenvalue weighted by atomic mass is 10.2. The Morgan fingerprint density at radius 1 is 0.491 bits per heavy atom. The molecule has 4 aromatic rings. The molecule has 2 heterocycles. The van der Waals surface area contributed by atoms with Gasteiger partial charge in [-0.1, -0.05) is 163 Å². The van der Waals surface area contributed by atoms with Crippen molar-refractivity contribution in [3.05, 3.63) is 71.8 Å². The van der Waals surface area contributed by atoms with Gasteiger partial charge in [0.15, 0.2) is 34.9 Å². The van der Waals surface area contributed by atoms with E-state index in [0.29, 0.717) is 30.9 Å². The van der Waals surface area contributed by atoms with Crippen molar-refractivity contribution in [3.63, 3.8) is 0 Å². The van der Waals surface area contributed by atoms with E-state index in [1.165, 1.54) is 23.5 Å². The summed E-state index contributed by atoms with van der Waals surface area (Å²) in [4.78, 5) is 49.3. The number of aromatic nitrogens is 6. The highest BCUT2D eigenvalue weighted by molar-refractivity contribution is 8.00. The van der Waals surface area contributed by atoms with E-state index in [-0.39, 0.29) is 65.0 Å². The predicted molar refractivity (Wildman–Crippen MR) is 233 cm³/mol. The molecule has 0 aliphatic rings. The Labute approximate surface area is 396 Å². The highest BCUT2D eigenvalue weighted by atomic mass is 35.6. The number of carbonyl (C=O) groups is 2. The van der Waals surface area contributed by atoms with Crippen LogP contribution in [0.1, 0.15) is 37.1 Å². The average molecular weight is 1060 g/mol. The number of ether oxygens (including phenoxy) is 3. The minimum absolute atomic E-state index is 0.159. The van der Waals surface area contributed by atoms with Crippen LogP contribution in [0.2, 0.25) is 0 Å². The third-order valence-corrected chi connectivity index (χ3v) is 10.2. The van der Waals surface area contributed by atoms with E-state index in [4.69, 9.17) is 153 Å². The lowest BCUT2D eigenvalue weighted by Crippen LogP contribution is -2.16. The van der Waals surface area contributed by atoms with E-state index in [0.717, 1.165) is 9.79 Å². The smallest absolute Gasteiger partial charge is 0.316 e. The highest BCUT2D eigenvalue weighted by Gasteiger charge is 2.35. The average Bonchev–Trinajstić information content (AvgIpc) is 3.14. The molecule has 0 bridgehead atoms. The number of benzene rings is 2. The van der Waals surface area contributed by atoms with E-state index >= 15 is 0 Å². The Morgan fingerprint density at radius 3 is 1.12 bits per heavy atom. The van der Waals surface area contributed by atoms with Gasteiger partial charge in [-0.05, 0) is 38.1 Å². The normalized spacial score (nSPS) is 12.1. The van der Waals surface area contributed by atoms with Crippen molar-refractivity contribution in [2.45, 2.75) is 38.8 Å². The Hall–Kier alpha value is -0.460. The monoisotopic (exact) mass is 1060 g/mol. The van der Waals surface area contributed by atoms with Crippen LogP contribution in [-0.2, 0) is 39.0 Å². The number of hydrogen-bond donors (Lipinski definition) is 0. The lowest BCUT2D eigenvalue weighted by Gasteiger charge is -2.15. The molecule has 310 valence electrons. The van der Waals surface area contributed by atoms with Crippen LogP contribution in [0, 0.1) is 0 Å². The predicted octanol–water partition coefficient (Wildman–Crippen LogP) is 11.7. The molecule has 25 heteroatoms. The SMILES string of the molecule is CCOC(=O)CSc1ccc(-c2nc(C(Cl)(Cl)Cl)nc(C(Cl)(Cl)Cl)n2)cc1.CCOCCOC(=O)CSc1ccc(-c2nc(C(Cl)(Cl)Cl)nc(C(Cl)(Cl)Cl)n2)cc1. The van der Waals surface area contributed by atoms with E-state index in [2.05, 4.69) is 29.9 Å². The van der Waals surface area contributed by atoms with Gasteiger partial charge in [0.1, 0.15) is 6.61 Å². The summed E-state index contributed by atoms with van der Waals surface area (Å²) < 4.78 is 7.36. The Balaban J connectivity index is 0.000000307. The topological polar surface area (TPSA) is 139 Å². The number of esters is 2. The molecule has 4 rings (SSSR count). The van der Waals surface area contributed by atoms with Crippen molar-refractivity contribution in [1.82, 2.24) is 29.9 Å². The quantitative estimate of drug-likeness (QED) is 0.0544. The van der Waals surface area contributed by atoms with Gasteiger partial charge >= 0.3 is 11.9 Å². The molecule has 0 N–H and O–H groups in total. The largest absolute Gasteiger partial charge is 0.465 e. The van der Waals surface area contributed by atoms with Crippen LogP contribution in [0.15, 0.2) is 58.3 Å². The fourth-order valence-corrected chi connectivity index (χ4v) is 6.21. The molecule has 11 nitrogen and oxygen atoms in total. The van der Waals surface area contributed by atoms with Crippen LogP contribution < -0.4 is 0 Å². The van der Waals surface area contributed by atoms with Gasteiger partial charge in [0.2, 0.25) is 15.2 Å². The molecule has 0 aliphatic heterocycles. The van der Waals surface area contributed by atoms with Gasteiger partial charge in [0.05, 0.1) is 24.7 Å². The first-order valence-electron chi connectivity index (χ1n) is 15.7. The number of nitrogens with zero attached hydrogens (tertiary/aromatic N) is 6. The number of halogens is 12. The van der Waals surface area contributed by atoms with Crippen molar-refractivity contribution >= 4 is 175 Å². The zero-order chi connectivity index (χ0) is 42.6. The van der Waals surface area contributed by atoms with Crippen molar-refractivity contribution < 1.29 is 23.8 Å². The van der Waals surface area contributed by atoms with Gasteiger partial charge in [-0.15, -0.1) is 23.5 Å². The Morgan fingerprint density at radius 2 is 0.825 bits per heavy atom. The van der Waals surface area contributed by atoms with Crippen molar-refractivity contribution in [2.24, 2.45) is 0 Å². The van der Waals surface area contributed by atoms with Crippen LogP contribution in [0.3, 0.4) is 0 Å². The lowest BCUT2D eigenvalue weighted by molar-refractivity contribution is -0.142. The molecule has 0 fully saturated rings. The second kappa shape index (κ2) is 23.1. The Bertz CT molecular complexity index is 1880. The molecule has 0 unspecified atom stereocenters. The number of alkyl halides is 12. The summed E-state index contributed by atoms with van der Waals surface area (Å²) in [5.74, 6) is -0.600. The summed E-state index contributed by atoms with van der Waals surface area (Å²) in [6.07, 6.45) is 0. The molecule has 0 saturated carbocycles. The maximum atomic E-state index is 11.7. The number of carbonyl (C=O) groups excluding carboxylic acids is 2. The van der Waals surface area contributed by atoms with E-state index < -0.39 is 15.2 Å². The van der Waals surface area contributed by atoms with Crippen LogP contribution in [-0.4, -0.2) is 79.8 Å². The molecule has 0 aliphatic carbocycles. The summed E-state index contributed by atoms with van der Waals surface area (Å²) in [5.41, 5.74) is 1.16. The van der Waals surface area contributed by atoms with Crippen LogP contribution in [0.5, 0.6) is 0 Å². The fourth-order valence-electron chi connectivity index (χ4n) is 3.81. The number of thioether (sulfide) groups is 2. The van der Waals surface area contributed by atoms with Gasteiger partial charge in [-0.3, -0.25) is 9.59 Å². The molecular weight excluding hydrogens is 1040 g/mol. The zero-order valence-corrected chi connectivity index (χ0v) is 39.6. The molecule has 0 atom stereocenters. The molecule has 0 radical (unpaired) electrons. The minimum atomic E-state index is -1.93. The van der Waals surface area contributed by atoms with Crippen molar-refractivity contribution in [3.8, 4) is 22.8 Å². The van der Waals surface area contributed by atoms with Gasteiger partial charge < -0.3 is 14.2 Å². The maximum absolute atomic E-state index is 11.7. The molecule has 0 saturated heterocycles. The molecule has 2 aromatic carbocycles. The second-order valence-electron chi connectivity index (χ2n) is 10.5. The molecule has 0 spiro atoms. The molecular formula is C32H26Cl12N6O5S2. The van der Waals surface area contributed by atoms with Crippen LogP contribution in [0.25, 0.3) is 22.8 Å². The van der Waals surface area contributed by atoms with E-state index in [1.54, 1.807) is 55.5 Å². The van der Waals surface area contributed by atoms with Crippen LogP contribution >= 0.6 is 163 Å². The zero-order valence-electron chi connectivity index (χ0n) is 28.9. The first-order chi connectivity index (χ1) is 26.5. The second-order valence-corrected chi connectivity index (χ2v) is 21.7. The number of rotatable bonds is 13. The summed E-state index contributed by atoms with van der Waals surface area (Å²) in [5, 5.41) is 0. The van der Waals surface area contributed by atoms with E-state index in [1.807, 2.05) is 6.92 Å². The van der Waals surface area contributed by atoms with Gasteiger partial charge in [0.25, 0.3) is 0 Å². The van der Waals surface area contributed by atoms with E-state index in [9.17, 15) is 9.59 Å². The summed E-state index contributed by atoms with van der Waals surface area (Å²) >= 11 is 73.1. The molecule has 2 aromatic heterocycles. The first-order valence-corrected chi connectivity index (χ1v) is 22.2. The molecule has 0 amide bonds. The van der Waals surface area contributed by atoms with Crippen molar-refractivity contribution in [1.29, 1.82) is 0 Å². The Kier molecular flexibility index (Phi) is 20.6. The van der Waals surface area contributed by atoms with Crippen molar-refractivity contribution in [2.75, 3.05) is 37.9 Å². The fraction of sp³-hybridized carbons (Fsp3) is 0.375. The standard InChI is InChI=1S/C17H15Cl6N3O3S.C15H11Cl6N3O2S/c1-2-28-7-8-29-12(27)9-30-11-5-3-10(4-6-11)13-24-14(16(18,19)20)26-15(25-13)17(21,22)23;1-2-26-10(25)7-27-9-5-3-8(4-6-9)11-22-12(14(16,17)18)24-13(23-11)15(19,20)21/h3-6H,2,7-9H2,1H3;3-6H,2,7H2,1H3. The van der Waals surface area contributed by atoms with Crippen LogP contribution in [0.4, 0.5) is 0 Å². The maximum Gasteiger partial charge on any atom is 0.316 e. The highest BCUT2D eigenvalue weighted by Crippen LogP contribution is 2.42. The van der Waals surface area contributed by atoms with Gasteiger partial charge in [0, 0.05) is 27.5 Å². The van der Waals surface area contributed by atoms with Gasteiger partial charge in [-0.2, -0.15) is 0 Å². The summed E-state index contributed by atoms with van der Waals surface area (Å²) in [6.45, 7) is 5.14. The third-order valence-electron chi connectivity index (χ3n) is 6.22.